The Morgan fingerprint density at radius 2 is 1.38 bits per heavy atom. The molecular formula is C20H27N. The maximum atomic E-state index is 3.58. The molecule has 0 aliphatic rings. The van der Waals surface area contributed by atoms with E-state index in [1.54, 1.807) is 0 Å². The van der Waals surface area contributed by atoms with Gasteiger partial charge in [-0.1, -0.05) is 63.6 Å². The van der Waals surface area contributed by atoms with Gasteiger partial charge in [0, 0.05) is 11.7 Å². The minimum absolute atomic E-state index is 0.325. The number of hydrogen-bond donors (Lipinski definition) is 1. The molecule has 0 aliphatic carbocycles. The van der Waals surface area contributed by atoms with Gasteiger partial charge in [-0.25, -0.2) is 0 Å². The third kappa shape index (κ3) is 4.35. The summed E-state index contributed by atoms with van der Waals surface area (Å²) in [6.45, 7) is 8.88. The number of anilines is 1. The number of nitrogens with one attached hydrogen (secondary N) is 1. The molecule has 0 bridgehead atoms. The van der Waals surface area contributed by atoms with Crippen LogP contribution in [-0.2, 0) is 6.42 Å². The molecule has 1 N–H and O–H groups in total. The third-order valence-electron chi connectivity index (χ3n) is 3.98. The van der Waals surface area contributed by atoms with Crippen molar-refractivity contribution in [1.82, 2.24) is 0 Å². The first-order chi connectivity index (χ1) is 10.1. The van der Waals surface area contributed by atoms with Crippen molar-refractivity contribution in [2.45, 2.75) is 52.5 Å². The van der Waals surface area contributed by atoms with E-state index in [-0.39, 0.29) is 0 Å². The van der Waals surface area contributed by atoms with E-state index in [1.165, 1.54) is 35.2 Å². The lowest BCUT2D eigenvalue weighted by Gasteiger charge is -2.17. The maximum absolute atomic E-state index is 3.58. The fourth-order valence-corrected chi connectivity index (χ4v) is 2.56. The molecule has 2 rings (SSSR count). The summed E-state index contributed by atoms with van der Waals surface area (Å²) in [7, 11) is 0. The summed E-state index contributed by atoms with van der Waals surface area (Å²) >= 11 is 0. The molecule has 0 saturated heterocycles. The van der Waals surface area contributed by atoms with E-state index in [2.05, 4.69) is 81.5 Å². The van der Waals surface area contributed by atoms with Crippen LogP contribution in [0.25, 0.3) is 0 Å². The predicted molar refractivity (Wildman–Crippen MR) is 93.0 cm³/mol. The van der Waals surface area contributed by atoms with Gasteiger partial charge in [0.15, 0.2) is 0 Å². The smallest absolute Gasteiger partial charge is 0.0485 e. The standard InChI is InChI=1S/C20H27N/c1-5-6-17-7-9-19(10-8-17)16(4)21-20-13-11-18(12-14-20)15(2)3/h7-16,21H,5-6H2,1-4H3. The molecule has 21 heavy (non-hydrogen) atoms. The van der Waals surface area contributed by atoms with Crippen molar-refractivity contribution < 1.29 is 0 Å². The molecule has 0 saturated carbocycles. The van der Waals surface area contributed by atoms with Gasteiger partial charge in [-0.05, 0) is 48.1 Å². The Morgan fingerprint density at radius 1 is 0.810 bits per heavy atom. The van der Waals surface area contributed by atoms with Crippen molar-refractivity contribution in [3.05, 3.63) is 65.2 Å². The lowest BCUT2D eigenvalue weighted by molar-refractivity contribution is 0.861. The first kappa shape index (κ1) is 15.6. The molecular weight excluding hydrogens is 254 g/mol. The second-order valence-electron chi connectivity index (χ2n) is 6.13. The van der Waals surface area contributed by atoms with Gasteiger partial charge in [-0.2, -0.15) is 0 Å². The zero-order valence-electron chi connectivity index (χ0n) is 13.7. The second-order valence-corrected chi connectivity index (χ2v) is 6.13. The average Bonchev–Trinajstić information content (AvgIpc) is 2.49. The molecule has 2 aromatic carbocycles. The topological polar surface area (TPSA) is 12.0 Å². The molecule has 1 nitrogen and oxygen atoms in total. The van der Waals surface area contributed by atoms with Gasteiger partial charge in [0.1, 0.15) is 0 Å². The Balaban J connectivity index is 2.01. The second kappa shape index (κ2) is 7.31. The highest BCUT2D eigenvalue weighted by atomic mass is 14.9. The van der Waals surface area contributed by atoms with E-state index in [1.807, 2.05) is 0 Å². The molecule has 0 aromatic heterocycles. The van der Waals surface area contributed by atoms with Crippen LogP contribution in [0.5, 0.6) is 0 Å². The first-order valence-electron chi connectivity index (χ1n) is 8.05. The van der Waals surface area contributed by atoms with Crippen LogP contribution >= 0.6 is 0 Å². The minimum atomic E-state index is 0.325. The SMILES string of the molecule is CCCc1ccc(C(C)Nc2ccc(C(C)C)cc2)cc1. The van der Waals surface area contributed by atoms with Gasteiger partial charge < -0.3 is 5.32 Å². The van der Waals surface area contributed by atoms with Crippen molar-refractivity contribution in [3.8, 4) is 0 Å². The van der Waals surface area contributed by atoms with Gasteiger partial charge in [-0.15, -0.1) is 0 Å². The highest BCUT2D eigenvalue weighted by Crippen LogP contribution is 2.22. The highest BCUT2D eigenvalue weighted by molar-refractivity contribution is 5.47. The van der Waals surface area contributed by atoms with Crippen LogP contribution in [0.15, 0.2) is 48.5 Å². The van der Waals surface area contributed by atoms with E-state index >= 15 is 0 Å². The molecule has 112 valence electrons. The van der Waals surface area contributed by atoms with Gasteiger partial charge in [0.25, 0.3) is 0 Å². The summed E-state index contributed by atoms with van der Waals surface area (Å²) in [4.78, 5) is 0. The summed E-state index contributed by atoms with van der Waals surface area (Å²) in [5, 5.41) is 3.58. The molecule has 0 heterocycles. The van der Waals surface area contributed by atoms with Crippen LogP contribution in [-0.4, -0.2) is 0 Å². The lowest BCUT2D eigenvalue weighted by Crippen LogP contribution is -2.06. The van der Waals surface area contributed by atoms with Crippen molar-refractivity contribution in [2.24, 2.45) is 0 Å². The average molecular weight is 281 g/mol. The largest absolute Gasteiger partial charge is 0.379 e. The zero-order valence-corrected chi connectivity index (χ0v) is 13.7. The maximum Gasteiger partial charge on any atom is 0.0485 e. The quantitative estimate of drug-likeness (QED) is 0.691. The third-order valence-corrected chi connectivity index (χ3v) is 3.98. The van der Waals surface area contributed by atoms with Crippen LogP contribution in [0.2, 0.25) is 0 Å². The Labute approximate surface area is 129 Å². The van der Waals surface area contributed by atoms with E-state index in [0.717, 1.165) is 0 Å². The van der Waals surface area contributed by atoms with E-state index < -0.39 is 0 Å². The zero-order chi connectivity index (χ0) is 15.2. The van der Waals surface area contributed by atoms with Gasteiger partial charge in [0.2, 0.25) is 0 Å². The monoisotopic (exact) mass is 281 g/mol. The summed E-state index contributed by atoms with van der Waals surface area (Å²) in [5.41, 5.74) is 5.33. The van der Waals surface area contributed by atoms with Crippen LogP contribution in [0.3, 0.4) is 0 Å². The van der Waals surface area contributed by atoms with Gasteiger partial charge in [-0.3, -0.25) is 0 Å². The van der Waals surface area contributed by atoms with Crippen molar-refractivity contribution in [1.29, 1.82) is 0 Å². The van der Waals surface area contributed by atoms with Gasteiger partial charge >= 0.3 is 0 Å². The summed E-state index contributed by atoms with van der Waals surface area (Å²) < 4.78 is 0. The Hall–Kier alpha value is -1.76. The van der Waals surface area contributed by atoms with Crippen LogP contribution in [0.4, 0.5) is 5.69 Å². The molecule has 1 atom stereocenters. The first-order valence-corrected chi connectivity index (χ1v) is 8.05. The molecule has 0 aliphatic heterocycles. The highest BCUT2D eigenvalue weighted by Gasteiger charge is 2.06. The number of aryl methyl sites for hydroxylation is 1. The Kier molecular flexibility index (Phi) is 5.44. The molecule has 0 spiro atoms. The van der Waals surface area contributed by atoms with Crippen LogP contribution in [0, 0.1) is 0 Å². The fourth-order valence-electron chi connectivity index (χ4n) is 2.56. The Morgan fingerprint density at radius 3 is 1.90 bits per heavy atom. The molecule has 1 heteroatoms. The van der Waals surface area contributed by atoms with E-state index in [4.69, 9.17) is 0 Å². The summed E-state index contributed by atoms with van der Waals surface area (Å²) in [5.74, 6) is 0.586. The number of hydrogen-bond acceptors (Lipinski definition) is 1. The molecule has 0 fully saturated rings. The molecule has 2 aromatic rings. The van der Waals surface area contributed by atoms with Crippen molar-refractivity contribution in [2.75, 3.05) is 5.32 Å². The van der Waals surface area contributed by atoms with Crippen LogP contribution in [0.1, 0.15) is 62.8 Å². The van der Waals surface area contributed by atoms with E-state index in [0.29, 0.717) is 12.0 Å². The van der Waals surface area contributed by atoms with Crippen LogP contribution < -0.4 is 5.32 Å². The molecule has 0 amide bonds. The van der Waals surface area contributed by atoms with E-state index in [9.17, 15) is 0 Å². The Bertz CT molecular complexity index is 537. The van der Waals surface area contributed by atoms with Crippen molar-refractivity contribution >= 4 is 5.69 Å². The lowest BCUT2D eigenvalue weighted by atomic mass is 10.0. The summed E-state index contributed by atoms with van der Waals surface area (Å²) in [6, 6.07) is 18.1. The fraction of sp³-hybridized carbons (Fsp3) is 0.400. The van der Waals surface area contributed by atoms with Crippen molar-refractivity contribution in [3.63, 3.8) is 0 Å². The minimum Gasteiger partial charge on any atom is -0.379 e. The normalized spacial score (nSPS) is 12.4. The number of rotatable bonds is 6. The molecule has 1 unspecified atom stereocenters. The van der Waals surface area contributed by atoms with Gasteiger partial charge in [0.05, 0.1) is 0 Å². The molecule has 0 radical (unpaired) electrons. The number of benzene rings is 2. The predicted octanol–water partition coefficient (Wildman–Crippen LogP) is 5.94. The summed E-state index contributed by atoms with van der Waals surface area (Å²) in [6.07, 6.45) is 2.37.